The highest BCUT2D eigenvalue weighted by molar-refractivity contribution is 5.99. The number of amides is 1. The number of alkyl halides is 2. The van der Waals surface area contributed by atoms with Crippen molar-refractivity contribution >= 4 is 11.9 Å². The zero-order valence-electron chi connectivity index (χ0n) is 23.3. The summed E-state index contributed by atoms with van der Waals surface area (Å²) in [7, 11) is 5.55. The smallest absolute Gasteiger partial charge is 0.260 e. The van der Waals surface area contributed by atoms with Crippen molar-refractivity contribution in [2.45, 2.75) is 50.7 Å². The highest BCUT2D eigenvalue weighted by Crippen LogP contribution is 2.65. The molecule has 1 N–H and O–H groups in total. The summed E-state index contributed by atoms with van der Waals surface area (Å²) in [6, 6.07) is 6.75. The third-order valence-electron chi connectivity index (χ3n) is 7.77. The van der Waals surface area contributed by atoms with Crippen molar-refractivity contribution in [1.29, 1.82) is 5.26 Å². The van der Waals surface area contributed by atoms with Crippen LogP contribution in [0.5, 0.6) is 5.75 Å². The fourth-order valence-corrected chi connectivity index (χ4v) is 5.81. The number of nitriles is 1. The molecular weight excluding hydrogens is 516 g/mol. The Bertz CT molecular complexity index is 1500. The Balaban J connectivity index is 1.61. The van der Waals surface area contributed by atoms with E-state index in [9.17, 15) is 10.1 Å². The molecule has 0 bridgehead atoms. The highest BCUT2D eigenvalue weighted by atomic mass is 19.3. The summed E-state index contributed by atoms with van der Waals surface area (Å²) in [6.07, 6.45) is 4.59. The molecule has 5 rings (SSSR count). The molecule has 2 aromatic heterocycles. The van der Waals surface area contributed by atoms with E-state index in [1.54, 1.807) is 39.2 Å². The molecule has 1 aliphatic heterocycles. The summed E-state index contributed by atoms with van der Waals surface area (Å²) in [5, 5.41) is 12.5. The number of anilines is 1. The molecule has 1 saturated carbocycles. The summed E-state index contributed by atoms with van der Waals surface area (Å²) in [5.74, 6) is -2.24. The van der Waals surface area contributed by atoms with Gasteiger partial charge in [-0.25, -0.2) is 13.8 Å². The number of aromatic nitrogens is 3. The number of imidazole rings is 1. The van der Waals surface area contributed by atoms with E-state index in [1.807, 2.05) is 35.8 Å². The largest absolute Gasteiger partial charge is 0.492 e. The molecule has 1 aliphatic carbocycles. The molecule has 210 valence electrons. The minimum atomic E-state index is -2.94. The maximum atomic E-state index is 15.4. The van der Waals surface area contributed by atoms with Crippen LogP contribution in [0.25, 0.3) is 0 Å². The molecule has 11 heteroatoms. The van der Waals surface area contributed by atoms with E-state index in [4.69, 9.17) is 4.74 Å². The molecule has 2 aliphatic rings. The molecule has 0 saturated heterocycles. The van der Waals surface area contributed by atoms with Crippen LogP contribution >= 0.6 is 0 Å². The molecule has 40 heavy (non-hydrogen) atoms. The van der Waals surface area contributed by atoms with Crippen LogP contribution in [-0.2, 0) is 18.5 Å². The summed E-state index contributed by atoms with van der Waals surface area (Å²) in [6.45, 7) is 4.66. The molecular formula is C29H33F2N7O2. The lowest BCUT2D eigenvalue weighted by atomic mass is 9.80. The summed E-state index contributed by atoms with van der Waals surface area (Å²) in [4.78, 5) is 26.2. The molecule has 2 atom stereocenters. The summed E-state index contributed by atoms with van der Waals surface area (Å²) in [5.41, 5.74) is 1.59. The van der Waals surface area contributed by atoms with Crippen molar-refractivity contribution in [2.24, 2.45) is 0 Å². The number of carbonyl (C=O) groups is 1. The maximum absolute atomic E-state index is 15.4. The van der Waals surface area contributed by atoms with Crippen molar-refractivity contribution < 1.29 is 18.3 Å². The maximum Gasteiger partial charge on any atom is 0.260 e. The lowest BCUT2D eigenvalue weighted by molar-refractivity contribution is 0.0450. The Morgan fingerprint density at radius 2 is 2.02 bits per heavy atom. The minimum Gasteiger partial charge on any atom is -0.492 e. The Morgan fingerprint density at radius 1 is 1.27 bits per heavy atom. The van der Waals surface area contributed by atoms with E-state index < -0.39 is 17.4 Å². The first-order valence-electron chi connectivity index (χ1n) is 13.3. The number of nitrogens with one attached hydrogen (secondary N) is 1. The van der Waals surface area contributed by atoms with Gasteiger partial charge in [0.15, 0.2) is 0 Å². The standard InChI is InChI=1S/C29H33F2N7O2/c1-6-40-24-11-23(35-13-21(24)12-32)18(2)38-17-28(16-29(28,30)31)25-20(15-36(4)5)9-19(10-22(25)26(38)39)14-37-8-7-34-27(37)33-3/h7-11,13,18H,6,14-17H2,1-5H3,(H,33,34)/t18-,28+/m1/s1. The molecule has 1 aromatic carbocycles. The van der Waals surface area contributed by atoms with E-state index in [1.165, 1.54) is 11.1 Å². The van der Waals surface area contributed by atoms with Gasteiger partial charge in [0.1, 0.15) is 17.4 Å². The second-order valence-corrected chi connectivity index (χ2v) is 10.8. The molecule has 3 heterocycles. The lowest BCUT2D eigenvalue weighted by Crippen LogP contribution is -2.47. The van der Waals surface area contributed by atoms with Crippen molar-refractivity contribution in [1.82, 2.24) is 24.3 Å². The normalized spacial score (nSPS) is 19.9. The van der Waals surface area contributed by atoms with Crippen LogP contribution < -0.4 is 10.1 Å². The van der Waals surface area contributed by atoms with Crippen LogP contribution in [0.4, 0.5) is 14.7 Å². The van der Waals surface area contributed by atoms with E-state index in [0.717, 1.165) is 11.1 Å². The summed E-state index contributed by atoms with van der Waals surface area (Å²) < 4.78 is 38.2. The number of fused-ring (bicyclic) bond motifs is 2. The van der Waals surface area contributed by atoms with Gasteiger partial charge in [0.2, 0.25) is 5.95 Å². The van der Waals surface area contributed by atoms with Crippen molar-refractivity contribution in [3.05, 3.63) is 70.3 Å². The monoisotopic (exact) mass is 549 g/mol. The van der Waals surface area contributed by atoms with Gasteiger partial charge in [-0.15, -0.1) is 0 Å². The Morgan fingerprint density at radius 3 is 2.65 bits per heavy atom. The fraction of sp³-hybridized carbons (Fsp3) is 0.448. The Hall–Kier alpha value is -4.04. The lowest BCUT2D eigenvalue weighted by Gasteiger charge is -2.40. The van der Waals surface area contributed by atoms with Crippen LogP contribution in [0.3, 0.4) is 0 Å². The average Bonchev–Trinajstić information content (AvgIpc) is 3.20. The predicted octanol–water partition coefficient (Wildman–Crippen LogP) is 4.19. The number of ether oxygens (including phenoxy) is 1. The number of hydrogen-bond acceptors (Lipinski definition) is 7. The first kappa shape index (κ1) is 27.5. The third kappa shape index (κ3) is 4.56. The van der Waals surface area contributed by atoms with Gasteiger partial charge in [-0.1, -0.05) is 6.07 Å². The molecule has 1 fully saturated rings. The topological polar surface area (TPSA) is 99.3 Å². The second-order valence-electron chi connectivity index (χ2n) is 10.8. The number of hydrogen-bond donors (Lipinski definition) is 1. The molecule has 1 amide bonds. The number of carbonyl (C=O) groups excluding carboxylic acids is 1. The number of benzene rings is 1. The van der Waals surface area contributed by atoms with E-state index >= 15 is 8.78 Å². The van der Waals surface area contributed by atoms with Crippen LogP contribution in [0, 0.1) is 11.3 Å². The van der Waals surface area contributed by atoms with Gasteiger partial charge in [0, 0.05) is 56.8 Å². The van der Waals surface area contributed by atoms with E-state index in [0.29, 0.717) is 48.2 Å². The number of rotatable bonds is 9. The molecule has 0 unspecified atom stereocenters. The average molecular weight is 550 g/mol. The SMILES string of the molecule is CCOc1cc([C@@H](C)N2C[C@@]3(CC3(F)F)c3c(CN(C)C)cc(Cn4ccnc4NC)cc3C2=O)ncc1C#N. The Labute approximate surface area is 232 Å². The zero-order valence-corrected chi connectivity index (χ0v) is 23.3. The second kappa shape index (κ2) is 10.2. The molecule has 1 spiro atoms. The van der Waals surface area contributed by atoms with Crippen LogP contribution in [0.2, 0.25) is 0 Å². The first-order chi connectivity index (χ1) is 19.0. The first-order valence-corrected chi connectivity index (χ1v) is 13.3. The predicted molar refractivity (Wildman–Crippen MR) is 146 cm³/mol. The number of halogens is 2. The van der Waals surface area contributed by atoms with Gasteiger partial charge >= 0.3 is 0 Å². The zero-order chi connectivity index (χ0) is 28.8. The minimum absolute atomic E-state index is 0.121. The number of pyridine rings is 1. The van der Waals surface area contributed by atoms with Gasteiger partial charge in [-0.05, 0) is 50.7 Å². The van der Waals surface area contributed by atoms with E-state index in [-0.39, 0.29) is 24.4 Å². The van der Waals surface area contributed by atoms with Crippen LogP contribution in [0.15, 0.2) is 36.8 Å². The summed E-state index contributed by atoms with van der Waals surface area (Å²) >= 11 is 0. The number of nitrogens with zero attached hydrogens (tertiary/aromatic N) is 6. The molecule has 0 radical (unpaired) electrons. The van der Waals surface area contributed by atoms with Gasteiger partial charge < -0.3 is 24.4 Å². The van der Waals surface area contributed by atoms with Gasteiger partial charge in [-0.3, -0.25) is 9.78 Å². The molecule has 3 aromatic rings. The van der Waals surface area contributed by atoms with Gasteiger partial charge in [-0.2, -0.15) is 5.26 Å². The molecule has 9 nitrogen and oxygen atoms in total. The quantitative estimate of drug-likeness (QED) is 0.427. The fourth-order valence-electron chi connectivity index (χ4n) is 5.81. The van der Waals surface area contributed by atoms with E-state index in [2.05, 4.69) is 21.4 Å². The third-order valence-corrected chi connectivity index (χ3v) is 7.77. The van der Waals surface area contributed by atoms with Crippen molar-refractivity contribution in [3.63, 3.8) is 0 Å². The Kier molecular flexibility index (Phi) is 7.00. The van der Waals surface area contributed by atoms with Gasteiger partial charge in [0.05, 0.1) is 30.3 Å². The van der Waals surface area contributed by atoms with Crippen molar-refractivity contribution in [3.8, 4) is 11.8 Å². The van der Waals surface area contributed by atoms with Crippen LogP contribution in [-0.4, -0.2) is 70.5 Å². The van der Waals surface area contributed by atoms with Crippen LogP contribution in [0.1, 0.15) is 64.6 Å². The van der Waals surface area contributed by atoms with Crippen molar-refractivity contribution in [2.75, 3.05) is 39.6 Å². The van der Waals surface area contributed by atoms with Gasteiger partial charge in [0.25, 0.3) is 11.8 Å². The highest BCUT2D eigenvalue weighted by Gasteiger charge is 2.75.